The minimum atomic E-state index is 0.574. The number of hydrogen-bond acceptors (Lipinski definition) is 3. The summed E-state index contributed by atoms with van der Waals surface area (Å²) in [6.45, 7) is 3.98. The molecule has 88 valence electrons. The van der Waals surface area contributed by atoms with Crippen molar-refractivity contribution in [1.82, 2.24) is 4.98 Å². The Hall–Kier alpha value is -2.03. The first-order valence-corrected chi connectivity index (χ1v) is 5.69. The van der Waals surface area contributed by atoms with Crippen LogP contribution in [0.5, 0.6) is 11.6 Å². The van der Waals surface area contributed by atoms with Crippen LogP contribution >= 0.6 is 0 Å². The van der Waals surface area contributed by atoms with Gasteiger partial charge in [0.15, 0.2) is 0 Å². The van der Waals surface area contributed by atoms with Crippen LogP contribution in [0.15, 0.2) is 36.4 Å². The van der Waals surface area contributed by atoms with Gasteiger partial charge in [0.2, 0.25) is 5.88 Å². The molecule has 0 saturated heterocycles. The fraction of sp³-hybridized carbons (Fsp3) is 0.214. The lowest BCUT2D eigenvalue weighted by Crippen LogP contribution is -1.95. The maximum absolute atomic E-state index is 5.71. The normalized spacial score (nSPS) is 10.2. The second-order valence-corrected chi connectivity index (χ2v) is 3.93. The Balaban J connectivity index is 2.22. The number of ether oxygens (including phenoxy) is 1. The number of aryl methyl sites for hydroxylation is 2. The molecule has 0 fully saturated rings. The van der Waals surface area contributed by atoms with E-state index < -0.39 is 0 Å². The predicted octanol–water partition coefficient (Wildman–Crippen LogP) is 3.33. The van der Waals surface area contributed by atoms with Crippen LogP contribution in [-0.2, 0) is 6.42 Å². The average molecular weight is 228 g/mol. The average Bonchev–Trinajstić information content (AvgIpc) is 2.34. The molecule has 2 rings (SSSR count). The lowest BCUT2D eigenvalue weighted by molar-refractivity contribution is 0.461. The van der Waals surface area contributed by atoms with Crippen LogP contribution in [0.4, 0.5) is 5.69 Å². The molecule has 0 aliphatic carbocycles. The van der Waals surface area contributed by atoms with Gasteiger partial charge in [0.25, 0.3) is 0 Å². The van der Waals surface area contributed by atoms with Gasteiger partial charge in [-0.1, -0.05) is 19.1 Å². The first kappa shape index (κ1) is 11.5. The van der Waals surface area contributed by atoms with Gasteiger partial charge < -0.3 is 10.5 Å². The Morgan fingerprint density at radius 1 is 1.24 bits per heavy atom. The van der Waals surface area contributed by atoms with E-state index in [9.17, 15) is 0 Å². The van der Waals surface area contributed by atoms with Crippen LogP contribution in [-0.4, -0.2) is 4.98 Å². The molecular weight excluding hydrogens is 212 g/mol. The molecule has 0 aliphatic heterocycles. The highest BCUT2D eigenvalue weighted by atomic mass is 16.5. The summed E-state index contributed by atoms with van der Waals surface area (Å²) in [4.78, 5) is 4.28. The SMILES string of the molecule is CCc1cccc(Oc2ccc(N)c(C)n2)c1. The van der Waals surface area contributed by atoms with Crippen LogP contribution in [0.2, 0.25) is 0 Å². The summed E-state index contributed by atoms with van der Waals surface area (Å²) >= 11 is 0. The summed E-state index contributed by atoms with van der Waals surface area (Å²) in [5.41, 5.74) is 8.42. The van der Waals surface area contributed by atoms with Gasteiger partial charge in [0.05, 0.1) is 11.4 Å². The van der Waals surface area contributed by atoms with Crippen LogP contribution in [0, 0.1) is 6.92 Å². The number of aromatic nitrogens is 1. The zero-order chi connectivity index (χ0) is 12.3. The molecule has 3 nitrogen and oxygen atoms in total. The summed E-state index contributed by atoms with van der Waals surface area (Å²) in [5.74, 6) is 1.38. The number of nitrogen functional groups attached to an aromatic ring is 1. The summed E-state index contributed by atoms with van der Waals surface area (Å²) < 4.78 is 5.69. The minimum Gasteiger partial charge on any atom is -0.439 e. The van der Waals surface area contributed by atoms with E-state index in [1.165, 1.54) is 5.56 Å². The number of nitrogens with two attached hydrogens (primary N) is 1. The zero-order valence-electron chi connectivity index (χ0n) is 10.1. The summed E-state index contributed by atoms with van der Waals surface area (Å²) in [6.07, 6.45) is 0.991. The molecule has 17 heavy (non-hydrogen) atoms. The molecule has 0 amide bonds. The summed E-state index contributed by atoms with van der Waals surface area (Å²) in [5, 5.41) is 0. The molecule has 1 aromatic heterocycles. The monoisotopic (exact) mass is 228 g/mol. The predicted molar refractivity (Wildman–Crippen MR) is 69.3 cm³/mol. The summed E-state index contributed by atoms with van der Waals surface area (Å²) in [6, 6.07) is 11.6. The summed E-state index contributed by atoms with van der Waals surface area (Å²) in [7, 11) is 0. The van der Waals surface area contributed by atoms with E-state index >= 15 is 0 Å². The molecule has 2 N–H and O–H groups in total. The third-order valence-corrected chi connectivity index (χ3v) is 2.63. The van der Waals surface area contributed by atoms with Crippen LogP contribution in [0.3, 0.4) is 0 Å². The van der Waals surface area contributed by atoms with Crippen LogP contribution in [0.25, 0.3) is 0 Å². The van der Waals surface area contributed by atoms with Crippen molar-refractivity contribution in [1.29, 1.82) is 0 Å². The third kappa shape index (κ3) is 2.75. The largest absolute Gasteiger partial charge is 0.439 e. The second kappa shape index (κ2) is 4.87. The van der Waals surface area contributed by atoms with Crippen molar-refractivity contribution in [2.24, 2.45) is 0 Å². The maximum atomic E-state index is 5.71. The first-order valence-electron chi connectivity index (χ1n) is 5.69. The molecule has 0 spiro atoms. The van der Waals surface area contributed by atoms with E-state index in [1.807, 2.05) is 25.1 Å². The quantitative estimate of drug-likeness (QED) is 0.876. The van der Waals surface area contributed by atoms with E-state index in [2.05, 4.69) is 18.0 Å². The molecule has 2 aromatic rings. The van der Waals surface area contributed by atoms with Gasteiger partial charge in [-0.25, -0.2) is 4.98 Å². The highest BCUT2D eigenvalue weighted by molar-refractivity contribution is 5.44. The topological polar surface area (TPSA) is 48.1 Å². The number of hydrogen-bond donors (Lipinski definition) is 1. The van der Waals surface area contributed by atoms with Gasteiger partial charge in [-0.2, -0.15) is 0 Å². The number of rotatable bonds is 3. The van der Waals surface area contributed by atoms with Gasteiger partial charge in [-0.15, -0.1) is 0 Å². The van der Waals surface area contributed by atoms with Gasteiger partial charge in [0.1, 0.15) is 5.75 Å². The molecule has 0 atom stereocenters. The van der Waals surface area contributed by atoms with Crippen LogP contribution in [0.1, 0.15) is 18.2 Å². The van der Waals surface area contributed by atoms with Crippen molar-refractivity contribution in [3.05, 3.63) is 47.7 Å². The second-order valence-electron chi connectivity index (χ2n) is 3.93. The lowest BCUT2D eigenvalue weighted by atomic mass is 10.2. The smallest absolute Gasteiger partial charge is 0.219 e. The van der Waals surface area contributed by atoms with Gasteiger partial charge >= 0.3 is 0 Å². The molecule has 0 saturated carbocycles. The zero-order valence-corrected chi connectivity index (χ0v) is 10.1. The molecular formula is C14H16N2O. The molecule has 0 aliphatic rings. The van der Waals surface area contributed by atoms with E-state index in [-0.39, 0.29) is 0 Å². The molecule has 0 bridgehead atoms. The van der Waals surface area contributed by atoms with Crippen molar-refractivity contribution >= 4 is 5.69 Å². The molecule has 0 unspecified atom stereocenters. The van der Waals surface area contributed by atoms with E-state index in [1.54, 1.807) is 12.1 Å². The maximum Gasteiger partial charge on any atom is 0.219 e. The lowest BCUT2D eigenvalue weighted by Gasteiger charge is -2.07. The molecule has 3 heteroatoms. The minimum absolute atomic E-state index is 0.574. The van der Waals surface area contributed by atoms with E-state index in [0.29, 0.717) is 11.6 Å². The van der Waals surface area contributed by atoms with Crippen LogP contribution < -0.4 is 10.5 Å². The van der Waals surface area contributed by atoms with Crippen molar-refractivity contribution in [2.45, 2.75) is 20.3 Å². The first-order chi connectivity index (χ1) is 8.19. The molecule has 1 heterocycles. The standard InChI is InChI=1S/C14H16N2O/c1-3-11-5-4-6-12(9-11)17-14-8-7-13(15)10(2)16-14/h4-9H,3,15H2,1-2H3. The van der Waals surface area contributed by atoms with Gasteiger partial charge in [0, 0.05) is 6.07 Å². The van der Waals surface area contributed by atoms with Gasteiger partial charge in [-0.3, -0.25) is 0 Å². The van der Waals surface area contributed by atoms with Crippen molar-refractivity contribution in [3.8, 4) is 11.6 Å². The van der Waals surface area contributed by atoms with Crippen molar-refractivity contribution in [2.75, 3.05) is 5.73 Å². The highest BCUT2D eigenvalue weighted by Crippen LogP contribution is 2.22. The number of benzene rings is 1. The van der Waals surface area contributed by atoms with Crippen molar-refractivity contribution < 1.29 is 4.74 Å². The number of pyridine rings is 1. The van der Waals surface area contributed by atoms with E-state index in [0.717, 1.165) is 17.9 Å². The Morgan fingerprint density at radius 3 is 2.76 bits per heavy atom. The highest BCUT2D eigenvalue weighted by Gasteiger charge is 2.01. The fourth-order valence-electron chi connectivity index (χ4n) is 1.56. The Labute approximate surface area is 101 Å². The Kier molecular flexibility index (Phi) is 3.28. The van der Waals surface area contributed by atoms with Crippen molar-refractivity contribution in [3.63, 3.8) is 0 Å². The number of anilines is 1. The Morgan fingerprint density at radius 2 is 2.06 bits per heavy atom. The third-order valence-electron chi connectivity index (χ3n) is 2.63. The van der Waals surface area contributed by atoms with Gasteiger partial charge in [-0.05, 0) is 37.1 Å². The number of nitrogens with zero attached hydrogens (tertiary/aromatic N) is 1. The fourth-order valence-corrected chi connectivity index (χ4v) is 1.56. The molecule has 1 aromatic carbocycles. The Bertz CT molecular complexity index is 523. The van der Waals surface area contributed by atoms with E-state index in [4.69, 9.17) is 10.5 Å². The molecule has 0 radical (unpaired) electrons.